The maximum atomic E-state index is 12.8. The average Bonchev–Trinajstić information content (AvgIpc) is 3.43. The lowest BCUT2D eigenvalue weighted by molar-refractivity contribution is 0.102. The van der Waals surface area contributed by atoms with Crippen LogP contribution in [0.1, 0.15) is 46.2 Å². The van der Waals surface area contributed by atoms with Crippen LogP contribution in [0, 0.1) is 0 Å². The second kappa shape index (κ2) is 6.80. The lowest BCUT2D eigenvalue weighted by atomic mass is 10.2. The van der Waals surface area contributed by atoms with E-state index in [0.717, 1.165) is 18.5 Å². The number of hydrogen-bond acceptors (Lipinski definition) is 5. The Bertz CT molecular complexity index is 903. The maximum Gasteiger partial charge on any atom is 0.231 e. The van der Waals surface area contributed by atoms with Crippen molar-refractivity contribution in [1.82, 2.24) is 19.7 Å². The number of aromatic nitrogens is 4. The van der Waals surface area contributed by atoms with Gasteiger partial charge in [-0.3, -0.25) is 9.48 Å². The topological polar surface area (TPSA) is 60.7 Å². The molecule has 0 N–H and O–H groups in total. The standard InChI is InChI=1S/C19H18N4OS/c1-25-19-20-10-9-15(21-19)18(24)16-11-17(14-7-8-14)23(22-16)12-13-5-3-2-4-6-13/h2-6,9-11,14H,7-8,12H2,1H3. The van der Waals surface area contributed by atoms with Crippen molar-refractivity contribution >= 4 is 17.5 Å². The first kappa shape index (κ1) is 16.0. The molecule has 1 aliphatic carbocycles. The Morgan fingerprint density at radius 3 is 2.72 bits per heavy atom. The van der Waals surface area contributed by atoms with Crippen molar-refractivity contribution in [3.8, 4) is 0 Å². The van der Waals surface area contributed by atoms with Crippen molar-refractivity contribution in [2.75, 3.05) is 6.26 Å². The Kier molecular flexibility index (Phi) is 4.36. The van der Waals surface area contributed by atoms with E-state index in [-0.39, 0.29) is 5.78 Å². The van der Waals surface area contributed by atoms with Crippen molar-refractivity contribution in [3.05, 3.63) is 71.3 Å². The fourth-order valence-electron chi connectivity index (χ4n) is 2.83. The second-order valence-corrected chi connectivity index (χ2v) is 6.90. The Hall–Kier alpha value is -2.47. The molecule has 0 amide bonds. The molecular weight excluding hydrogens is 332 g/mol. The molecule has 1 saturated carbocycles. The second-order valence-electron chi connectivity index (χ2n) is 6.13. The van der Waals surface area contributed by atoms with Crippen LogP contribution in [0.3, 0.4) is 0 Å². The Labute approximate surface area is 150 Å². The third-order valence-corrected chi connectivity index (χ3v) is 4.83. The predicted octanol–water partition coefficient (Wildman–Crippen LogP) is 3.55. The number of thioether (sulfide) groups is 1. The highest BCUT2D eigenvalue weighted by Gasteiger charge is 2.29. The molecule has 0 bridgehead atoms. The molecule has 0 spiro atoms. The molecule has 1 aromatic carbocycles. The van der Waals surface area contributed by atoms with E-state index < -0.39 is 0 Å². The van der Waals surface area contributed by atoms with Gasteiger partial charge in [-0.05, 0) is 36.8 Å². The van der Waals surface area contributed by atoms with Crippen LogP contribution < -0.4 is 0 Å². The fourth-order valence-corrected chi connectivity index (χ4v) is 3.19. The van der Waals surface area contributed by atoms with Crippen molar-refractivity contribution < 1.29 is 4.79 Å². The highest BCUT2D eigenvalue weighted by atomic mass is 32.2. The molecule has 0 aliphatic heterocycles. The van der Waals surface area contributed by atoms with Crippen molar-refractivity contribution in [2.45, 2.75) is 30.5 Å². The van der Waals surface area contributed by atoms with Crippen LogP contribution in [0.15, 0.2) is 53.8 Å². The van der Waals surface area contributed by atoms with Gasteiger partial charge in [0.1, 0.15) is 11.4 Å². The summed E-state index contributed by atoms with van der Waals surface area (Å²) in [5.41, 5.74) is 3.18. The molecule has 6 heteroatoms. The Morgan fingerprint density at radius 1 is 1.20 bits per heavy atom. The molecule has 1 aliphatic rings. The van der Waals surface area contributed by atoms with E-state index in [1.807, 2.05) is 35.2 Å². The number of benzene rings is 1. The summed E-state index contributed by atoms with van der Waals surface area (Å²) in [6.45, 7) is 0.680. The molecule has 126 valence electrons. The molecule has 0 saturated heterocycles. The molecule has 4 rings (SSSR count). The normalized spacial score (nSPS) is 13.8. The van der Waals surface area contributed by atoms with Gasteiger partial charge in [0, 0.05) is 17.8 Å². The fraction of sp³-hybridized carbons (Fsp3) is 0.263. The molecule has 3 aromatic rings. The van der Waals surface area contributed by atoms with E-state index in [1.54, 1.807) is 12.3 Å². The van der Waals surface area contributed by atoms with Crippen molar-refractivity contribution in [3.63, 3.8) is 0 Å². The van der Waals surface area contributed by atoms with Crippen LogP contribution in [-0.4, -0.2) is 31.8 Å². The van der Waals surface area contributed by atoms with E-state index in [2.05, 4.69) is 27.2 Å². The first-order valence-corrected chi connectivity index (χ1v) is 9.50. The smallest absolute Gasteiger partial charge is 0.231 e. The van der Waals surface area contributed by atoms with Gasteiger partial charge in [-0.25, -0.2) is 9.97 Å². The summed E-state index contributed by atoms with van der Waals surface area (Å²) in [6, 6.07) is 13.8. The summed E-state index contributed by atoms with van der Waals surface area (Å²) >= 11 is 1.42. The van der Waals surface area contributed by atoms with E-state index >= 15 is 0 Å². The SMILES string of the molecule is CSc1nccc(C(=O)c2cc(C3CC3)n(Cc3ccccc3)n2)n1. The minimum atomic E-state index is -0.147. The largest absolute Gasteiger partial charge is 0.285 e. The summed E-state index contributed by atoms with van der Waals surface area (Å²) < 4.78 is 1.97. The number of carbonyl (C=O) groups is 1. The quantitative estimate of drug-likeness (QED) is 0.386. The zero-order valence-corrected chi connectivity index (χ0v) is 14.7. The monoisotopic (exact) mass is 350 g/mol. The van der Waals surface area contributed by atoms with E-state index in [0.29, 0.717) is 29.0 Å². The highest BCUT2D eigenvalue weighted by Crippen LogP contribution is 2.40. The molecular formula is C19H18N4OS. The van der Waals surface area contributed by atoms with Gasteiger partial charge in [0.05, 0.1) is 6.54 Å². The summed E-state index contributed by atoms with van der Waals surface area (Å²) in [6.07, 6.45) is 5.84. The number of nitrogens with zero attached hydrogens (tertiary/aromatic N) is 4. The minimum Gasteiger partial charge on any atom is -0.285 e. The molecule has 25 heavy (non-hydrogen) atoms. The van der Waals surface area contributed by atoms with Gasteiger partial charge in [-0.15, -0.1) is 0 Å². The summed E-state index contributed by atoms with van der Waals surface area (Å²) in [5.74, 6) is 0.372. The first-order chi connectivity index (χ1) is 12.2. The van der Waals surface area contributed by atoms with Gasteiger partial charge in [0.2, 0.25) is 5.78 Å². The minimum absolute atomic E-state index is 0.147. The molecule has 0 radical (unpaired) electrons. The highest BCUT2D eigenvalue weighted by molar-refractivity contribution is 7.98. The van der Waals surface area contributed by atoms with Crippen molar-refractivity contribution in [2.24, 2.45) is 0 Å². The van der Waals surface area contributed by atoms with Gasteiger partial charge in [-0.1, -0.05) is 42.1 Å². The average molecular weight is 350 g/mol. The zero-order valence-electron chi connectivity index (χ0n) is 13.9. The van der Waals surface area contributed by atoms with Crippen LogP contribution in [0.4, 0.5) is 0 Å². The van der Waals surface area contributed by atoms with E-state index in [1.165, 1.54) is 17.3 Å². The van der Waals surface area contributed by atoms with Gasteiger partial charge in [0.25, 0.3) is 0 Å². The number of rotatable bonds is 6. The summed E-state index contributed by atoms with van der Waals surface area (Å²) in [4.78, 5) is 21.2. The summed E-state index contributed by atoms with van der Waals surface area (Å²) in [7, 11) is 0. The lowest BCUT2D eigenvalue weighted by Crippen LogP contribution is -2.09. The third-order valence-electron chi connectivity index (χ3n) is 4.26. The molecule has 5 nitrogen and oxygen atoms in total. The van der Waals surface area contributed by atoms with E-state index in [9.17, 15) is 4.79 Å². The molecule has 2 heterocycles. The molecule has 0 unspecified atom stereocenters. The van der Waals surface area contributed by atoms with Crippen LogP contribution in [0.2, 0.25) is 0 Å². The Morgan fingerprint density at radius 2 is 2.00 bits per heavy atom. The lowest BCUT2D eigenvalue weighted by Gasteiger charge is -2.06. The zero-order chi connectivity index (χ0) is 17.2. The molecule has 1 fully saturated rings. The van der Waals surface area contributed by atoms with Crippen LogP contribution in [0.5, 0.6) is 0 Å². The van der Waals surface area contributed by atoms with Crippen LogP contribution >= 0.6 is 11.8 Å². The first-order valence-electron chi connectivity index (χ1n) is 8.28. The van der Waals surface area contributed by atoms with Gasteiger partial charge in [0.15, 0.2) is 5.16 Å². The molecule has 0 atom stereocenters. The van der Waals surface area contributed by atoms with Crippen LogP contribution in [-0.2, 0) is 6.54 Å². The Balaban J connectivity index is 1.66. The van der Waals surface area contributed by atoms with Crippen molar-refractivity contribution in [1.29, 1.82) is 0 Å². The molecule has 2 aromatic heterocycles. The van der Waals surface area contributed by atoms with Crippen LogP contribution in [0.25, 0.3) is 0 Å². The van der Waals surface area contributed by atoms with Gasteiger partial charge >= 0.3 is 0 Å². The number of ketones is 1. The predicted molar refractivity (Wildman–Crippen MR) is 97.0 cm³/mol. The maximum absolute atomic E-state index is 12.8. The summed E-state index contributed by atoms with van der Waals surface area (Å²) in [5, 5.41) is 5.19. The number of hydrogen-bond donors (Lipinski definition) is 0. The van der Waals surface area contributed by atoms with Gasteiger partial charge in [-0.2, -0.15) is 5.10 Å². The number of carbonyl (C=O) groups excluding carboxylic acids is 1. The van der Waals surface area contributed by atoms with E-state index in [4.69, 9.17) is 0 Å². The third kappa shape index (κ3) is 3.49. The van der Waals surface area contributed by atoms with Gasteiger partial charge < -0.3 is 0 Å².